The fourth-order valence-electron chi connectivity index (χ4n) is 2.12. The zero-order chi connectivity index (χ0) is 11.6. The highest BCUT2D eigenvalue weighted by molar-refractivity contribution is 8.01. The van der Waals surface area contributed by atoms with Crippen molar-refractivity contribution in [1.82, 2.24) is 5.32 Å². The molecule has 1 fully saturated rings. The van der Waals surface area contributed by atoms with Gasteiger partial charge in [-0.1, -0.05) is 19.1 Å². The zero-order valence-electron chi connectivity index (χ0n) is 10.1. The summed E-state index contributed by atoms with van der Waals surface area (Å²) in [5, 5.41) is 4.30. The van der Waals surface area contributed by atoms with Crippen molar-refractivity contribution in [3.8, 4) is 5.75 Å². The van der Waals surface area contributed by atoms with E-state index in [1.165, 1.54) is 5.56 Å². The quantitative estimate of drug-likeness (QED) is 0.873. The van der Waals surface area contributed by atoms with E-state index in [0.717, 1.165) is 18.7 Å². The molecule has 2 atom stereocenters. The molecule has 0 radical (unpaired) electrons. The molecule has 2 nitrogen and oxygen atoms in total. The number of hydrogen-bond donors (Lipinski definition) is 1. The molecule has 16 heavy (non-hydrogen) atoms. The second kappa shape index (κ2) is 4.68. The lowest BCUT2D eigenvalue weighted by molar-refractivity contribution is 0.414. The minimum Gasteiger partial charge on any atom is -0.497 e. The van der Waals surface area contributed by atoms with Gasteiger partial charge in [0.25, 0.3) is 0 Å². The Labute approximate surface area is 102 Å². The van der Waals surface area contributed by atoms with Gasteiger partial charge in [0.05, 0.1) is 12.0 Å². The van der Waals surface area contributed by atoms with Crippen LogP contribution in [0.4, 0.5) is 0 Å². The van der Waals surface area contributed by atoms with E-state index in [0.29, 0.717) is 5.25 Å². The molecule has 1 N–H and O–H groups in total. The van der Waals surface area contributed by atoms with Gasteiger partial charge in [0.1, 0.15) is 5.75 Å². The molecule has 0 aromatic heterocycles. The van der Waals surface area contributed by atoms with E-state index in [1.54, 1.807) is 7.11 Å². The largest absolute Gasteiger partial charge is 0.497 e. The predicted octanol–water partition coefficient (Wildman–Crippen LogP) is 2.68. The number of benzene rings is 1. The molecule has 0 bridgehead atoms. The van der Waals surface area contributed by atoms with Crippen molar-refractivity contribution >= 4 is 11.8 Å². The van der Waals surface area contributed by atoms with Crippen LogP contribution in [0.2, 0.25) is 0 Å². The first kappa shape index (κ1) is 11.8. The van der Waals surface area contributed by atoms with Crippen molar-refractivity contribution in [2.75, 3.05) is 13.7 Å². The molecule has 1 aliphatic rings. The number of nitrogens with one attached hydrogen (secondary N) is 1. The summed E-state index contributed by atoms with van der Waals surface area (Å²) >= 11 is 2.03. The van der Waals surface area contributed by atoms with E-state index < -0.39 is 0 Å². The van der Waals surface area contributed by atoms with Crippen LogP contribution in [0.3, 0.4) is 0 Å². The number of rotatable bonds is 3. The molecule has 2 unspecified atom stereocenters. The lowest BCUT2D eigenvalue weighted by Crippen LogP contribution is -2.35. The summed E-state index contributed by atoms with van der Waals surface area (Å²) in [6.07, 6.45) is 1.06. The van der Waals surface area contributed by atoms with E-state index in [-0.39, 0.29) is 4.87 Å². The van der Waals surface area contributed by atoms with Gasteiger partial charge < -0.3 is 10.1 Å². The van der Waals surface area contributed by atoms with Crippen LogP contribution in [0.1, 0.15) is 19.4 Å². The van der Waals surface area contributed by atoms with Crippen molar-refractivity contribution in [3.63, 3.8) is 0 Å². The first-order valence-corrected chi connectivity index (χ1v) is 6.55. The summed E-state index contributed by atoms with van der Waals surface area (Å²) < 4.78 is 5.16. The first-order chi connectivity index (χ1) is 7.61. The maximum Gasteiger partial charge on any atom is 0.118 e. The minimum absolute atomic E-state index is 0.188. The Morgan fingerprint density at radius 1 is 1.44 bits per heavy atom. The standard InChI is InChI=1S/C13H19NOS/c1-10-9-14-13(2,16-10)8-11-4-6-12(15-3)7-5-11/h4-7,10,14H,8-9H2,1-3H3. The van der Waals surface area contributed by atoms with Gasteiger partial charge in [0.2, 0.25) is 0 Å². The van der Waals surface area contributed by atoms with Gasteiger partial charge in [-0.3, -0.25) is 0 Å². The fourth-order valence-corrected chi connectivity index (χ4v) is 3.60. The lowest BCUT2D eigenvalue weighted by Gasteiger charge is -2.23. The van der Waals surface area contributed by atoms with E-state index in [2.05, 4.69) is 31.3 Å². The highest BCUT2D eigenvalue weighted by Crippen LogP contribution is 2.35. The number of ether oxygens (including phenoxy) is 1. The van der Waals surface area contributed by atoms with E-state index in [4.69, 9.17) is 4.74 Å². The Kier molecular flexibility index (Phi) is 3.45. The molecule has 88 valence electrons. The van der Waals surface area contributed by atoms with Gasteiger partial charge in [0, 0.05) is 11.8 Å². The third-order valence-corrected chi connectivity index (χ3v) is 4.30. The number of methoxy groups -OCH3 is 1. The lowest BCUT2D eigenvalue weighted by atomic mass is 10.1. The minimum atomic E-state index is 0.188. The van der Waals surface area contributed by atoms with Crippen molar-refractivity contribution in [2.45, 2.75) is 30.4 Å². The van der Waals surface area contributed by atoms with Gasteiger partial charge in [-0.15, -0.1) is 11.8 Å². The Morgan fingerprint density at radius 3 is 2.62 bits per heavy atom. The van der Waals surface area contributed by atoms with Gasteiger partial charge in [-0.05, 0) is 31.0 Å². The normalized spacial score (nSPS) is 29.3. The average Bonchev–Trinajstić information content (AvgIpc) is 2.59. The molecule has 3 heteroatoms. The first-order valence-electron chi connectivity index (χ1n) is 5.67. The molecule has 0 aliphatic carbocycles. The highest BCUT2D eigenvalue weighted by atomic mass is 32.2. The van der Waals surface area contributed by atoms with Crippen LogP contribution in [-0.2, 0) is 6.42 Å². The highest BCUT2D eigenvalue weighted by Gasteiger charge is 2.33. The number of thioether (sulfide) groups is 1. The van der Waals surface area contributed by atoms with Gasteiger partial charge >= 0.3 is 0 Å². The smallest absolute Gasteiger partial charge is 0.118 e. The SMILES string of the molecule is COc1ccc(CC2(C)NCC(C)S2)cc1. The van der Waals surface area contributed by atoms with Gasteiger partial charge in [-0.25, -0.2) is 0 Å². The van der Waals surface area contributed by atoms with Crippen LogP contribution in [-0.4, -0.2) is 23.8 Å². The van der Waals surface area contributed by atoms with Crippen LogP contribution >= 0.6 is 11.8 Å². The summed E-state index contributed by atoms with van der Waals surface area (Å²) in [6.45, 7) is 5.67. The Balaban J connectivity index is 2.03. The van der Waals surface area contributed by atoms with Crippen molar-refractivity contribution in [3.05, 3.63) is 29.8 Å². The zero-order valence-corrected chi connectivity index (χ0v) is 10.9. The second-order valence-electron chi connectivity index (χ2n) is 4.57. The molecule has 1 heterocycles. The third kappa shape index (κ3) is 2.71. The topological polar surface area (TPSA) is 21.3 Å². The van der Waals surface area contributed by atoms with Gasteiger partial charge in [-0.2, -0.15) is 0 Å². The van der Waals surface area contributed by atoms with Crippen LogP contribution in [0, 0.1) is 0 Å². The third-order valence-electron chi connectivity index (χ3n) is 2.93. The maximum atomic E-state index is 5.16. The van der Waals surface area contributed by atoms with Gasteiger partial charge in [0.15, 0.2) is 0 Å². The molecule has 0 spiro atoms. The summed E-state index contributed by atoms with van der Waals surface area (Å²) in [4.78, 5) is 0.188. The molecule has 1 aromatic rings. The molecule has 1 aliphatic heterocycles. The Morgan fingerprint density at radius 2 is 2.12 bits per heavy atom. The Hall–Kier alpha value is -0.670. The molecule has 2 rings (SSSR count). The maximum absolute atomic E-state index is 5.16. The second-order valence-corrected chi connectivity index (χ2v) is 6.51. The van der Waals surface area contributed by atoms with Crippen molar-refractivity contribution in [1.29, 1.82) is 0 Å². The van der Waals surface area contributed by atoms with E-state index in [9.17, 15) is 0 Å². The van der Waals surface area contributed by atoms with E-state index >= 15 is 0 Å². The molecule has 0 saturated carbocycles. The molecular formula is C13H19NOS. The predicted molar refractivity (Wildman–Crippen MR) is 70.2 cm³/mol. The van der Waals surface area contributed by atoms with Crippen LogP contribution in [0.5, 0.6) is 5.75 Å². The fraction of sp³-hybridized carbons (Fsp3) is 0.538. The molecular weight excluding hydrogens is 218 g/mol. The van der Waals surface area contributed by atoms with Crippen LogP contribution in [0.25, 0.3) is 0 Å². The summed E-state index contributed by atoms with van der Waals surface area (Å²) in [7, 11) is 1.70. The van der Waals surface area contributed by atoms with Crippen LogP contribution in [0.15, 0.2) is 24.3 Å². The molecule has 0 amide bonds. The van der Waals surface area contributed by atoms with Crippen molar-refractivity contribution < 1.29 is 4.74 Å². The monoisotopic (exact) mass is 237 g/mol. The summed E-state index contributed by atoms with van der Waals surface area (Å²) in [6, 6.07) is 8.36. The van der Waals surface area contributed by atoms with Crippen molar-refractivity contribution in [2.24, 2.45) is 0 Å². The molecule has 1 saturated heterocycles. The number of hydrogen-bond acceptors (Lipinski definition) is 3. The van der Waals surface area contributed by atoms with Crippen LogP contribution < -0.4 is 10.1 Å². The van der Waals surface area contributed by atoms with E-state index in [1.807, 2.05) is 23.9 Å². The average molecular weight is 237 g/mol. The summed E-state index contributed by atoms with van der Waals surface area (Å²) in [5.41, 5.74) is 1.36. The molecule has 1 aromatic carbocycles. The Bertz CT molecular complexity index is 351. The summed E-state index contributed by atoms with van der Waals surface area (Å²) in [5.74, 6) is 0.925.